The van der Waals surface area contributed by atoms with Crippen molar-refractivity contribution in [2.45, 2.75) is 77.2 Å². The Bertz CT molecular complexity index is 201. The predicted molar refractivity (Wildman–Crippen MR) is 66.3 cm³/mol. The van der Waals surface area contributed by atoms with Crippen molar-refractivity contribution >= 4 is 5.78 Å². The van der Waals surface area contributed by atoms with Crippen LogP contribution < -0.4 is 0 Å². The molecule has 94 valence electrons. The average molecular weight is 226 g/mol. The monoisotopic (exact) mass is 226 g/mol. The third-order valence-corrected chi connectivity index (χ3v) is 3.67. The van der Waals surface area contributed by atoms with Gasteiger partial charge in [-0.1, -0.05) is 45.4 Å². The average Bonchev–Trinajstić information content (AvgIpc) is 2.29. The summed E-state index contributed by atoms with van der Waals surface area (Å²) >= 11 is 0. The van der Waals surface area contributed by atoms with Crippen LogP contribution in [0.1, 0.15) is 71.1 Å². The van der Waals surface area contributed by atoms with Crippen molar-refractivity contribution in [1.82, 2.24) is 0 Å². The van der Waals surface area contributed by atoms with E-state index in [1.807, 2.05) is 0 Å². The summed E-state index contributed by atoms with van der Waals surface area (Å²) in [5.74, 6) is 0.257. The second kappa shape index (κ2) is 7.83. The molecule has 0 heterocycles. The van der Waals surface area contributed by atoms with E-state index in [2.05, 4.69) is 6.92 Å². The fraction of sp³-hybridized carbons (Fsp3) is 0.929. The van der Waals surface area contributed by atoms with Gasteiger partial charge in [0.15, 0.2) is 0 Å². The number of Topliss-reactive ketones (excluding diaryl/α,β-unsaturated/α-hetero) is 1. The minimum Gasteiger partial charge on any atom is -0.392 e. The molecule has 2 unspecified atom stereocenters. The summed E-state index contributed by atoms with van der Waals surface area (Å²) in [5.41, 5.74) is 0. The molecular weight excluding hydrogens is 200 g/mol. The summed E-state index contributed by atoms with van der Waals surface area (Å²) in [7, 11) is 0. The Balaban J connectivity index is 2.13. The summed E-state index contributed by atoms with van der Waals surface area (Å²) in [6.07, 6.45) is 10.3. The number of aliphatic hydroxyl groups is 1. The van der Waals surface area contributed by atoms with Crippen LogP contribution in [0.25, 0.3) is 0 Å². The van der Waals surface area contributed by atoms with Gasteiger partial charge in [-0.25, -0.2) is 0 Å². The smallest absolute Gasteiger partial charge is 0.138 e. The van der Waals surface area contributed by atoms with Crippen LogP contribution in [0.5, 0.6) is 0 Å². The summed E-state index contributed by atoms with van der Waals surface area (Å²) in [5, 5.41) is 9.98. The summed E-state index contributed by atoms with van der Waals surface area (Å²) in [6, 6.07) is 0. The standard InChI is InChI=1S/C14H26O2/c1-2-3-4-5-6-10-13(15)12-9-7-8-11-14(12)16/h12-13,15H,2-11H2,1H3. The lowest BCUT2D eigenvalue weighted by molar-refractivity contribution is -0.128. The molecular formula is C14H26O2. The molecule has 1 aliphatic carbocycles. The van der Waals surface area contributed by atoms with Crippen LogP contribution in [-0.2, 0) is 4.79 Å². The Morgan fingerprint density at radius 3 is 2.69 bits per heavy atom. The fourth-order valence-electron chi connectivity index (χ4n) is 2.58. The van der Waals surface area contributed by atoms with Crippen LogP contribution >= 0.6 is 0 Å². The molecule has 16 heavy (non-hydrogen) atoms. The van der Waals surface area contributed by atoms with Gasteiger partial charge in [-0.2, -0.15) is 0 Å². The van der Waals surface area contributed by atoms with E-state index in [0.717, 1.165) is 32.1 Å². The van der Waals surface area contributed by atoms with Crippen molar-refractivity contribution in [2.24, 2.45) is 5.92 Å². The fourth-order valence-corrected chi connectivity index (χ4v) is 2.58. The lowest BCUT2D eigenvalue weighted by Crippen LogP contribution is -2.30. The molecule has 0 radical (unpaired) electrons. The van der Waals surface area contributed by atoms with Crippen molar-refractivity contribution in [2.75, 3.05) is 0 Å². The lowest BCUT2D eigenvalue weighted by atomic mass is 9.82. The molecule has 0 bridgehead atoms. The zero-order valence-corrected chi connectivity index (χ0v) is 10.6. The van der Waals surface area contributed by atoms with Gasteiger partial charge >= 0.3 is 0 Å². The number of hydrogen-bond donors (Lipinski definition) is 1. The highest BCUT2D eigenvalue weighted by Gasteiger charge is 2.28. The molecule has 2 atom stereocenters. The van der Waals surface area contributed by atoms with Gasteiger partial charge < -0.3 is 5.11 Å². The Morgan fingerprint density at radius 1 is 1.25 bits per heavy atom. The molecule has 0 aromatic heterocycles. The number of carbonyl (C=O) groups excluding carboxylic acids is 1. The molecule has 1 rings (SSSR count). The second-order valence-electron chi connectivity index (χ2n) is 5.09. The first kappa shape index (κ1) is 13.7. The molecule has 0 amide bonds. The van der Waals surface area contributed by atoms with E-state index in [9.17, 15) is 9.90 Å². The Hall–Kier alpha value is -0.370. The van der Waals surface area contributed by atoms with Crippen molar-refractivity contribution < 1.29 is 9.90 Å². The largest absolute Gasteiger partial charge is 0.392 e. The number of hydrogen-bond acceptors (Lipinski definition) is 2. The normalized spacial score (nSPS) is 23.4. The Kier molecular flexibility index (Phi) is 6.70. The van der Waals surface area contributed by atoms with Crippen LogP contribution in [0, 0.1) is 5.92 Å². The van der Waals surface area contributed by atoms with Crippen LogP contribution in [0.3, 0.4) is 0 Å². The third-order valence-electron chi connectivity index (χ3n) is 3.67. The molecule has 2 heteroatoms. The lowest BCUT2D eigenvalue weighted by Gasteiger charge is -2.25. The minimum atomic E-state index is -0.366. The molecule has 0 aromatic carbocycles. The van der Waals surface area contributed by atoms with Crippen molar-refractivity contribution in [1.29, 1.82) is 0 Å². The van der Waals surface area contributed by atoms with E-state index < -0.39 is 0 Å². The van der Waals surface area contributed by atoms with Gasteiger partial charge in [0.1, 0.15) is 5.78 Å². The summed E-state index contributed by atoms with van der Waals surface area (Å²) in [6.45, 7) is 2.20. The van der Waals surface area contributed by atoms with Crippen molar-refractivity contribution in [3.8, 4) is 0 Å². The number of rotatable bonds is 7. The molecule has 1 N–H and O–H groups in total. The quantitative estimate of drug-likeness (QED) is 0.675. The molecule has 2 nitrogen and oxygen atoms in total. The van der Waals surface area contributed by atoms with E-state index in [0.29, 0.717) is 12.2 Å². The number of aliphatic hydroxyl groups excluding tert-OH is 1. The minimum absolute atomic E-state index is 0.0417. The SMILES string of the molecule is CCCCCCCC(O)C1CCCCC1=O. The van der Waals surface area contributed by atoms with Crippen LogP contribution in [-0.4, -0.2) is 17.0 Å². The van der Waals surface area contributed by atoms with E-state index in [-0.39, 0.29) is 12.0 Å². The van der Waals surface area contributed by atoms with Crippen molar-refractivity contribution in [3.63, 3.8) is 0 Å². The van der Waals surface area contributed by atoms with Gasteiger partial charge in [-0.3, -0.25) is 4.79 Å². The highest BCUT2D eigenvalue weighted by molar-refractivity contribution is 5.82. The van der Waals surface area contributed by atoms with Gasteiger partial charge in [-0.05, 0) is 19.3 Å². The van der Waals surface area contributed by atoms with Gasteiger partial charge in [0.05, 0.1) is 6.10 Å². The molecule has 0 aliphatic heterocycles. The van der Waals surface area contributed by atoms with Gasteiger partial charge in [-0.15, -0.1) is 0 Å². The highest BCUT2D eigenvalue weighted by atomic mass is 16.3. The first-order valence-electron chi connectivity index (χ1n) is 6.96. The maximum absolute atomic E-state index is 11.6. The molecule has 0 aromatic rings. The highest BCUT2D eigenvalue weighted by Crippen LogP contribution is 2.26. The Labute approximate surface area is 99.4 Å². The molecule has 0 saturated heterocycles. The number of carbonyl (C=O) groups is 1. The third kappa shape index (κ3) is 4.65. The van der Waals surface area contributed by atoms with Crippen molar-refractivity contribution in [3.05, 3.63) is 0 Å². The summed E-state index contributed by atoms with van der Waals surface area (Å²) in [4.78, 5) is 11.6. The van der Waals surface area contributed by atoms with E-state index >= 15 is 0 Å². The molecule has 1 fully saturated rings. The summed E-state index contributed by atoms with van der Waals surface area (Å²) < 4.78 is 0. The molecule has 1 saturated carbocycles. The topological polar surface area (TPSA) is 37.3 Å². The maximum atomic E-state index is 11.6. The van der Waals surface area contributed by atoms with E-state index in [4.69, 9.17) is 0 Å². The molecule has 0 spiro atoms. The van der Waals surface area contributed by atoms with Gasteiger partial charge in [0, 0.05) is 12.3 Å². The first-order valence-corrected chi connectivity index (χ1v) is 6.96. The van der Waals surface area contributed by atoms with Gasteiger partial charge in [0.25, 0.3) is 0 Å². The number of ketones is 1. The van der Waals surface area contributed by atoms with Crippen LogP contribution in [0.2, 0.25) is 0 Å². The van der Waals surface area contributed by atoms with Crippen LogP contribution in [0.15, 0.2) is 0 Å². The van der Waals surface area contributed by atoms with Crippen LogP contribution in [0.4, 0.5) is 0 Å². The van der Waals surface area contributed by atoms with E-state index in [1.165, 1.54) is 25.7 Å². The number of unbranched alkanes of at least 4 members (excludes halogenated alkanes) is 4. The first-order chi connectivity index (χ1) is 7.75. The van der Waals surface area contributed by atoms with Gasteiger partial charge in [0.2, 0.25) is 0 Å². The maximum Gasteiger partial charge on any atom is 0.138 e. The molecule has 1 aliphatic rings. The van der Waals surface area contributed by atoms with E-state index in [1.54, 1.807) is 0 Å². The predicted octanol–water partition coefficient (Wildman–Crippen LogP) is 3.47. The zero-order valence-electron chi connectivity index (χ0n) is 10.6. The zero-order chi connectivity index (χ0) is 11.8. The second-order valence-corrected chi connectivity index (χ2v) is 5.09. The Morgan fingerprint density at radius 2 is 2.00 bits per heavy atom.